The van der Waals surface area contributed by atoms with Gasteiger partial charge in [-0.1, -0.05) is 36.4 Å². The third-order valence-corrected chi connectivity index (χ3v) is 10.1. The Morgan fingerprint density at radius 2 is 1.39 bits per heavy atom. The number of aromatic hydroxyl groups is 1. The largest absolute Gasteiger partial charge is 0.505 e. The highest BCUT2D eigenvalue weighted by atomic mass is 32.2. The Kier molecular flexibility index (Phi) is 8.87. The highest BCUT2D eigenvalue weighted by Crippen LogP contribution is 2.43. The predicted molar refractivity (Wildman–Crippen MR) is 181 cm³/mol. The fourth-order valence-corrected chi connectivity index (χ4v) is 7.33. The molecule has 0 amide bonds. The van der Waals surface area contributed by atoms with E-state index in [4.69, 9.17) is 0 Å². The Morgan fingerprint density at radius 3 is 2.06 bits per heavy atom. The number of hydrogen-bond acceptors (Lipinski definition) is 14. The van der Waals surface area contributed by atoms with Crippen molar-refractivity contribution < 1.29 is 48.4 Å². The van der Waals surface area contributed by atoms with Crippen LogP contribution < -0.4 is 10.2 Å². The van der Waals surface area contributed by atoms with Gasteiger partial charge in [0.1, 0.15) is 26.1 Å². The van der Waals surface area contributed by atoms with E-state index < -0.39 is 73.6 Å². The van der Waals surface area contributed by atoms with E-state index >= 15 is 0 Å². The molecule has 262 valence electrons. The van der Waals surface area contributed by atoms with Crippen molar-refractivity contribution in [2.24, 2.45) is 10.2 Å². The summed E-state index contributed by atoms with van der Waals surface area (Å²) in [5.41, 5.74) is -0.608. The number of azo groups is 1. The van der Waals surface area contributed by atoms with Crippen LogP contribution in [0.15, 0.2) is 110 Å². The Hall–Kier alpha value is -5.71. The highest BCUT2D eigenvalue weighted by Gasteiger charge is 2.26. The lowest BCUT2D eigenvalue weighted by atomic mass is 10.1. The van der Waals surface area contributed by atoms with Gasteiger partial charge in [0.2, 0.25) is 11.9 Å². The Labute approximate surface area is 288 Å². The molecule has 17 nitrogen and oxygen atoms in total. The van der Waals surface area contributed by atoms with Crippen molar-refractivity contribution in [2.45, 2.75) is 14.7 Å². The quantitative estimate of drug-likeness (QED) is 0.0877. The van der Waals surface area contributed by atoms with E-state index in [1.54, 1.807) is 37.4 Å². The lowest BCUT2D eigenvalue weighted by Crippen LogP contribution is -2.15. The molecule has 5 aromatic carbocycles. The van der Waals surface area contributed by atoms with Crippen LogP contribution in [0.3, 0.4) is 0 Å². The van der Waals surface area contributed by atoms with E-state index in [0.717, 1.165) is 36.4 Å². The number of fused-ring (bicyclic) bond motifs is 2. The molecule has 0 spiro atoms. The molecule has 0 saturated heterocycles. The summed E-state index contributed by atoms with van der Waals surface area (Å²) in [6.07, 6.45) is -1.10. The number of phenolic OH excluding ortho intramolecular Hbond substituents is 1. The highest BCUT2D eigenvalue weighted by molar-refractivity contribution is 7.86. The van der Waals surface area contributed by atoms with Crippen LogP contribution in [-0.4, -0.2) is 66.0 Å². The maximum Gasteiger partial charge on any atom is 0.315 e. The Balaban J connectivity index is 1.42. The van der Waals surface area contributed by atoms with E-state index in [2.05, 4.69) is 30.5 Å². The molecule has 0 aliphatic heterocycles. The molecule has 6 rings (SSSR count). The Morgan fingerprint density at radius 1 is 0.706 bits per heavy atom. The van der Waals surface area contributed by atoms with Crippen molar-refractivity contribution in [1.82, 2.24) is 15.0 Å². The lowest BCUT2D eigenvalue weighted by Gasteiger charge is -2.17. The van der Waals surface area contributed by atoms with Gasteiger partial charge in [0.05, 0.1) is 0 Å². The van der Waals surface area contributed by atoms with Crippen molar-refractivity contribution in [2.75, 3.05) is 17.3 Å². The first kappa shape index (κ1) is 35.1. The number of nitrogens with one attached hydrogen (secondary N) is 1. The smallest absolute Gasteiger partial charge is 0.315 e. The number of anilines is 4. The summed E-state index contributed by atoms with van der Waals surface area (Å²) in [6, 6.07) is 19.0. The van der Waals surface area contributed by atoms with E-state index in [1.165, 1.54) is 23.1 Å². The number of benzene rings is 5. The predicted octanol–water partition coefficient (Wildman–Crippen LogP) is 5.69. The van der Waals surface area contributed by atoms with Crippen LogP contribution in [0, 0.1) is 6.08 Å². The average molecular weight is 756 g/mol. The molecule has 0 unspecified atom stereocenters. The van der Waals surface area contributed by atoms with Crippen molar-refractivity contribution in [1.29, 1.82) is 0 Å². The molecular formula is C30H22FN7O10S3. The molecule has 0 bridgehead atoms. The molecule has 0 aliphatic carbocycles. The van der Waals surface area contributed by atoms with E-state index in [0.29, 0.717) is 5.69 Å². The summed E-state index contributed by atoms with van der Waals surface area (Å²) >= 11 is 0. The molecule has 0 aliphatic rings. The second-order valence-corrected chi connectivity index (χ2v) is 14.8. The molecule has 5 N–H and O–H groups in total. The summed E-state index contributed by atoms with van der Waals surface area (Å²) in [7, 11) is -13.5. The number of nitrogens with zero attached hydrogens (tertiary/aromatic N) is 6. The number of para-hydroxylation sites is 1. The van der Waals surface area contributed by atoms with Crippen molar-refractivity contribution in [3.63, 3.8) is 0 Å². The average Bonchev–Trinajstić information content (AvgIpc) is 3.05. The van der Waals surface area contributed by atoms with E-state index in [9.17, 15) is 48.4 Å². The zero-order valence-electron chi connectivity index (χ0n) is 25.6. The van der Waals surface area contributed by atoms with Gasteiger partial charge in [-0.3, -0.25) is 13.7 Å². The number of halogens is 1. The van der Waals surface area contributed by atoms with Crippen molar-refractivity contribution >= 4 is 86.5 Å². The summed E-state index contributed by atoms with van der Waals surface area (Å²) < 4.78 is 118. The molecule has 0 radical (unpaired) electrons. The van der Waals surface area contributed by atoms with Gasteiger partial charge in [-0.05, 0) is 53.9 Å². The standard InChI is InChI=1S/C30H22FN7O10S3/c1-38(18-6-3-2-4-7-18)30-34-28(31)33-29(35-30)32-17-10-11-19-16(14-17)15-24(50(43,44)45)25(26(19)39)37-36-22-13-12-20-21(27(22)51(46,47)48)8-5-9-23(20)49(40,41)42/h2-15,39H,1H3,(H,40,41,42)(H,43,44,45)(H,46,47,48)(H,32,33,34,35). The third kappa shape index (κ3) is 7.15. The van der Waals surface area contributed by atoms with Crippen LogP contribution in [-0.2, 0) is 30.4 Å². The first-order valence-electron chi connectivity index (χ1n) is 14.1. The van der Waals surface area contributed by atoms with Crippen LogP contribution in [0.1, 0.15) is 0 Å². The van der Waals surface area contributed by atoms with E-state index in [-0.39, 0.29) is 33.7 Å². The Bertz CT molecular complexity index is 2750. The maximum atomic E-state index is 14.4. The van der Waals surface area contributed by atoms with Gasteiger partial charge in [0.15, 0.2) is 5.75 Å². The molecule has 51 heavy (non-hydrogen) atoms. The maximum absolute atomic E-state index is 14.4. The van der Waals surface area contributed by atoms with Gasteiger partial charge in [0.25, 0.3) is 30.4 Å². The summed E-state index contributed by atoms with van der Waals surface area (Å²) in [6.45, 7) is 0. The molecule has 1 aromatic heterocycles. The summed E-state index contributed by atoms with van der Waals surface area (Å²) in [5.74, 6) is -1.09. The minimum Gasteiger partial charge on any atom is -0.505 e. The number of rotatable bonds is 9. The fraction of sp³-hybridized carbons (Fsp3) is 0.0333. The monoisotopic (exact) mass is 755 g/mol. The van der Waals surface area contributed by atoms with Crippen LogP contribution in [0.25, 0.3) is 21.5 Å². The molecule has 1 heterocycles. The first-order chi connectivity index (χ1) is 23.9. The van der Waals surface area contributed by atoms with Gasteiger partial charge in [-0.2, -0.15) is 44.6 Å². The molecule has 21 heteroatoms. The second-order valence-electron chi connectivity index (χ2n) is 10.6. The van der Waals surface area contributed by atoms with Crippen molar-refractivity contribution in [3.8, 4) is 5.75 Å². The van der Waals surface area contributed by atoms with E-state index in [1.807, 2.05) is 0 Å². The molecular weight excluding hydrogens is 734 g/mol. The molecule has 6 aromatic rings. The first-order valence-corrected chi connectivity index (χ1v) is 18.4. The molecule has 0 atom stereocenters. The van der Waals surface area contributed by atoms with Crippen LogP contribution in [0.2, 0.25) is 0 Å². The number of aromatic nitrogens is 3. The second kappa shape index (κ2) is 12.9. The minimum absolute atomic E-state index is 0.0160. The van der Waals surface area contributed by atoms with Gasteiger partial charge in [0, 0.05) is 34.6 Å². The zero-order valence-corrected chi connectivity index (χ0v) is 28.1. The molecule has 0 saturated carbocycles. The number of hydrogen-bond donors (Lipinski definition) is 5. The van der Waals surface area contributed by atoms with Crippen molar-refractivity contribution in [3.05, 3.63) is 91.0 Å². The van der Waals surface area contributed by atoms with Crippen LogP contribution >= 0.6 is 0 Å². The van der Waals surface area contributed by atoms with Gasteiger partial charge in [-0.25, -0.2) is 0 Å². The molecule has 0 fully saturated rings. The summed E-state index contributed by atoms with van der Waals surface area (Å²) in [4.78, 5) is 10.5. The van der Waals surface area contributed by atoms with Crippen LogP contribution in [0.4, 0.5) is 39.0 Å². The zero-order chi connectivity index (χ0) is 36.9. The topological polar surface area (TPSA) is 262 Å². The van der Waals surface area contributed by atoms with Gasteiger partial charge in [-0.15, -0.1) is 10.2 Å². The van der Waals surface area contributed by atoms with Gasteiger partial charge >= 0.3 is 6.08 Å². The lowest BCUT2D eigenvalue weighted by molar-refractivity contribution is 0.472. The third-order valence-electron chi connectivity index (χ3n) is 7.37. The summed E-state index contributed by atoms with van der Waals surface area (Å²) in [5, 5.41) is 20.6. The normalized spacial score (nSPS) is 12.5. The SMILES string of the molecule is CN(c1ccccc1)c1nc(F)nc(Nc2ccc3c(O)c(N=Nc4ccc5c(S(=O)(=O)O)cccc5c4S(=O)(=O)O)c(S(=O)(=O)O)cc3c2)n1. The van der Waals surface area contributed by atoms with Gasteiger partial charge < -0.3 is 15.3 Å². The van der Waals surface area contributed by atoms with Crippen LogP contribution in [0.5, 0.6) is 5.75 Å². The number of phenols is 1. The fourth-order valence-electron chi connectivity index (χ4n) is 5.13. The minimum atomic E-state index is -5.17.